The number of aryl methyl sites for hydroxylation is 1. The SMILES string of the molecule is Cc1nnc(-c2ccccc2NC2CCOC2)o1. The molecule has 18 heavy (non-hydrogen) atoms. The van der Waals surface area contributed by atoms with Crippen LogP contribution in [0, 0.1) is 6.92 Å². The van der Waals surface area contributed by atoms with Gasteiger partial charge in [0.2, 0.25) is 11.8 Å². The van der Waals surface area contributed by atoms with E-state index in [9.17, 15) is 0 Å². The molecule has 0 aliphatic carbocycles. The van der Waals surface area contributed by atoms with E-state index in [1.165, 1.54) is 0 Å². The molecule has 5 nitrogen and oxygen atoms in total. The number of ether oxygens (including phenoxy) is 1. The zero-order valence-electron chi connectivity index (χ0n) is 10.2. The first-order valence-electron chi connectivity index (χ1n) is 6.07. The van der Waals surface area contributed by atoms with Gasteiger partial charge in [-0.05, 0) is 18.6 Å². The van der Waals surface area contributed by atoms with Crippen LogP contribution in [-0.2, 0) is 4.74 Å². The molecule has 5 heteroatoms. The molecule has 1 aromatic heterocycles. The smallest absolute Gasteiger partial charge is 0.249 e. The second kappa shape index (κ2) is 4.78. The van der Waals surface area contributed by atoms with Gasteiger partial charge in [0.05, 0.1) is 18.2 Å². The summed E-state index contributed by atoms with van der Waals surface area (Å²) < 4.78 is 10.8. The van der Waals surface area contributed by atoms with Gasteiger partial charge in [0.15, 0.2) is 0 Å². The third kappa shape index (κ3) is 2.22. The lowest BCUT2D eigenvalue weighted by molar-refractivity contribution is 0.195. The maximum Gasteiger partial charge on any atom is 0.249 e. The van der Waals surface area contributed by atoms with Crippen molar-refractivity contribution >= 4 is 5.69 Å². The molecule has 0 amide bonds. The van der Waals surface area contributed by atoms with Crippen LogP contribution in [0.3, 0.4) is 0 Å². The highest BCUT2D eigenvalue weighted by atomic mass is 16.5. The van der Waals surface area contributed by atoms with E-state index >= 15 is 0 Å². The molecule has 3 rings (SSSR count). The van der Waals surface area contributed by atoms with Gasteiger partial charge in [-0.15, -0.1) is 10.2 Å². The van der Waals surface area contributed by atoms with Gasteiger partial charge in [0.1, 0.15) is 0 Å². The fraction of sp³-hybridized carbons (Fsp3) is 0.385. The van der Waals surface area contributed by atoms with Crippen LogP contribution in [0.25, 0.3) is 11.5 Å². The Morgan fingerprint density at radius 1 is 1.28 bits per heavy atom. The number of hydrogen-bond donors (Lipinski definition) is 1. The maximum atomic E-state index is 5.48. The lowest BCUT2D eigenvalue weighted by Gasteiger charge is -2.14. The lowest BCUT2D eigenvalue weighted by atomic mass is 10.1. The number of nitrogens with zero attached hydrogens (tertiary/aromatic N) is 2. The molecule has 1 saturated heterocycles. The summed E-state index contributed by atoms with van der Waals surface area (Å²) in [5.41, 5.74) is 1.95. The van der Waals surface area contributed by atoms with E-state index in [-0.39, 0.29) is 0 Å². The van der Waals surface area contributed by atoms with Gasteiger partial charge in [-0.2, -0.15) is 0 Å². The van der Waals surface area contributed by atoms with Crippen molar-refractivity contribution in [3.63, 3.8) is 0 Å². The molecule has 1 N–H and O–H groups in total. The van der Waals surface area contributed by atoms with E-state index in [4.69, 9.17) is 9.15 Å². The van der Waals surface area contributed by atoms with E-state index in [0.717, 1.165) is 30.9 Å². The molecule has 1 aromatic carbocycles. The minimum Gasteiger partial charge on any atom is -0.421 e. The fourth-order valence-electron chi connectivity index (χ4n) is 2.07. The van der Waals surface area contributed by atoms with Gasteiger partial charge in [-0.3, -0.25) is 0 Å². The quantitative estimate of drug-likeness (QED) is 0.898. The predicted octanol–water partition coefficient (Wildman–Crippen LogP) is 2.25. The highest BCUT2D eigenvalue weighted by molar-refractivity contribution is 5.72. The second-order valence-electron chi connectivity index (χ2n) is 4.38. The number of rotatable bonds is 3. The van der Waals surface area contributed by atoms with E-state index in [1.54, 1.807) is 6.92 Å². The Morgan fingerprint density at radius 2 is 2.17 bits per heavy atom. The summed E-state index contributed by atoms with van der Waals surface area (Å²) in [6, 6.07) is 8.31. The maximum absolute atomic E-state index is 5.48. The summed E-state index contributed by atoms with van der Waals surface area (Å²) >= 11 is 0. The van der Waals surface area contributed by atoms with E-state index in [0.29, 0.717) is 17.8 Å². The van der Waals surface area contributed by atoms with Gasteiger partial charge in [-0.1, -0.05) is 12.1 Å². The van der Waals surface area contributed by atoms with Crippen molar-refractivity contribution in [2.24, 2.45) is 0 Å². The van der Waals surface area contributed by atoms with Gasteiger partial charge in [0, 0.05) is 19.2 Å². The van der Waals surface area contributed by atoms with Crippen molar-refractivity contribution in [3.05, 3.63) is 30.2 Å². The highest BCUT2D eigenvalue weighted by Gasteiger charge is 2.18. The van der Waals surface area contributed by atoms with Crippen molar-refractivity contribution in [1.29, 1.82) is 0 Å². The Morgan fingerprint density at radius 3 is 2.89 bits per heavy atom. The summed E-state index contributed by atoms with van der Waals surface area (Å²) in [7, 11) is 0. The summed E-state index contributed by atoms with van der Waals surface area (Å²) in [6.45, 7) is 3.36. The second-order valence-corrected chi connectivity index (χ2v) is 4.38. The predicted molar refractivity (Wildman–Crippen MR) is 67.3 cm³/mol. The van der Waals surface area contributed by atoms with Crippen molar-refractivity contribution < 1.29 is 9.15 Å². The molecular formula is C13H15N3O2. The molecule has 1 fully saturated rings. The number of para-hydroxylation sites is 1. The van der Waals surface area contributed by atoms with E-state index in [2.05, 4.69) is 15.5 Å². The zero-order valence-corrected chi connectivity index (χ0v) is 10.2. The monoisotopic (exact) mass is 245 g/mol. The number of benzene rings is 1. The summed E-state index contributed by atoms with van der Waals surface area (Å²) in [6.07, 6.45) is 1.02. The molecule has 0 radical (unpaired) electrons. The Balaban J connectivity index is 1.89. The molecule has 94 valence electrons. The number of anilines is 1. The molecule has 0 spiro atoms. The van der Waals surface area contributed by atoms with Crippen molar-refractivity contribution in [2.45, 2.75) is 19.4 Å². The van der Waals surface area contributed by atoms with Gasteiger partial charge < -0.3 is 14.5 Å². The third-order valence-corrected chi connectivity index (χ3v) is 2.97. The van der Waals surface area contributed by atoms with Crippen LogP contribution in [0.15, 0.2) is 28.7 Å². The minimum atomic E-state index is 0.357. The first kappa shape index (κ1) is 11.2. The van der Waals surface area contributed by atoms with Crippen molar-refractivity contribution in [2.75, 3.05) is 18.5 Å². The normalized spacial score (nSPS) is 19.1. The molecule has 1 unspecified atom stereocenters. The Bertz CT molecular complexity index is 533. The standard InChI is InChI=1S/C13H15N3O2/c1-9-15-16-13(18-9)11-4-2-3-5-12(11)14-10-6-7-17-8-10/h2-5,10,14H,6-8H2,1H3. The minimum absolute atomic E-state index is 0.357. The Labute approximate surface area is 105 Å². The van der Waals surface area contributed by atoms with Crippen molar-refractivity contribution in [1.82, 2.24) is 10.2 Å². The fourth-order valence-corrected chi connectivity index (χ4v) is 2.07. The van der Waals surface area contributed by atoms with Gasteiger partial charge >= 0.3 is 0 Å². The van der Waals surface area contributed by atoms with E-state index in [1.807, 2.05) is 24.3 Å². The summed E-state index contributed by atoms with van der Waals surface area (Å²) in [5.74, 6) is 1.12. The first-order chi connectivity index (χ1) is 8.83. The Kier molecular flexibility index (Phi) is 2.98. The van der Waals surface area contributed by atoms with E-state index < -0.39 is 0 Å². The molecule has 0 saturated carbocycles. The average Bonchev–Trinajstić information content (AvgIpc) is 3.02. The number of nitrogens with one attached hydrogen (secondary N) is 1. The van der Waals surface area contributed by atoms with Gasteiger partial charge in [0.25, 0.3) is 0 Å². The molecule has 0 bridgehead atoms. The molecule has 2 heterocycles. The van der Waals surface area contributed by atoms with Gasteiger partial charge in [-0.25, -0.2) is 0 Å². The molecule has 1 atom stereocenters. The van der Waals surface area contributed by atoms with Crippen LogP contribution in [0.2, 0.25) is 0 Å². The van der Waals surface area contributed by atoms with Crippen LogP contribution < -0.4 is 5.32 Å². The van der Waals surface area contributed by atoms with Crippen LogP contribution in [0.5, 0.6) is 0 Å². The third-order valence-electron chi connectivity index (χ3n) is 2.97. The molecule has 1 aliphatic heterocycles. The van der Waals surface area contributed by atoms with Crippen LogP contribution >= 0.6 is 0 Å². The molecular weight excluding hydrogens is 230 g/mol. The van der Waals surface area contributed by atoms with Crippen LogP contribution in [0.1, 0.15) is 12.3 Å². The van der Waals surface area contributed by atoms with Crippen molar-refractivity contribution in [3.8, 4) is 11.5 Å². The summed E-state index contributed by atoms with van der Waals surface area (Å²) in [4.78, 5) is 0. The zero-order chi connectivity index (χ0) is 12.4. The first-order valence-corrected chi connectivity index (χ1v) is 6.07. The van der Waals surface area contributed by atoms with Crippen LogP contribution in [-0.4, -0.2) is 29.5 Å². The van der Waals surface area contributed by atoms with Crippen LogP contribution in [0.4, 0.5) is 5.69 Å². The largest absolute Gasteiger partial charge is 0.421 e. The average molecular weight is 245 g/mol. The Hall–Kier alpha value is -1.88. The highest BCUT2D eigenvalue weighted by Crippen LogP contribution is 2.28. The topological polar surface area (TPSA) is 60.2 Å². The molecule has 2 aromatic rings. The number of hydrogen-bond acceptors (Lipinski definition) is 5. The molecule has 1 aliphatic rings. The lowest BCUT2D eigenvalue weighted by Crippen LogP contribution is -2.19. The summed E-state index contributed by atoms with van der Waals surface area (Å²) in [5, 5.41) is 11.4. The number of aromatic nitrogens is 2.